The summed E-state index contributed by atoms with van der Waals surface area (Å²) >= 11 is 1.46. The molecule has 0 saturated carbocycles. The van der Waals surface area contributed by atoms with E-state index in [-0.39, 0.29) is 18.2 Å². The van der Waals surface area contributed by atoms with Crippen molar-refractivity contribution < 1.29 is 23.9 Å². The van der Waals surface area contributed by atoms with E-state index in [1.54, 1.807) is 35.3 Å². The highest BCUT2D eigenvalue weighted by Gasteiger charge is 2.26. The van der Waals surface area contributed by atoms with Crippen LogP contribution in [0.2, 0.25) is 0 Å². The van der Waals surface area contributed by atoms with Crippen molar-refractivity contribution in [1.29, 1.82) is 0 Å². The molecular weight excluding hydrogens is 428 g/mol. The third-order valence-electron chi connectivity index (χ3n) is 4.85. The van der Waals surface area contributed by atoms with Crippen LogP contribution >= 0.6 is 11.8 Å². The fraction of sp³-hybridized carbons (Fsp3) is 0.125. The summed E-state index contributed by atoms with van der Waals surface area (Å²) < 4.78 is 4.97. The number of carboxylic acid groups (broad SMARTS) is 1. The number of anilines is 2. The minimum atomic E-state index is -0.860. The van der Waals surface area contributed by atoms with Crippen LogP contribution in [0.4, 0.5) is 11.4 Å². The van der Waals surface area contributed by atoms with E-state index in [4.69, 9.17) is 9.52 Å². The maximum atomic E-state index is 13.3. The van der Waals surface area contributed by atoms with Crippen LogP contribution in [0.25, 0.3) is 0 Å². The highest BCUT2D eigenvalue weighted by atomic mass is 32.2. The molecule has 1 aromatic heterocycles. The first-order chi connectivity index (χ1) is 15.5. The number of nitrogens with one attached hydrogen (secondary N) is 1. The molecule has 0 aliphatic carbocycles. The van der Waals surface area contributed by atoms with Gasteiger partial charge in [0.05, 0.1) is 23.1 Å². The van der Waals surface area contributed by atoms with E-state index in [1.165, 1.54) is 24.3 Å². The molecule has 0 bridgehead atoms. The van der Waals surface area contributed by atoms with Crippen molar-refractivity contribution >= 4 is 40.9 Å². The normalized spacial score (nSPS) is 12.9. The SMILES string of the molecule is O=C(O)CC/C=C/CN1C(=O)c2ccccc2Sc2cc(NC(=O)c3ccoc3)ccc21. The van der Waals surface area contributed by atoms with Gasteiger partial charge >= 0.3 is 5.97 Å². The van der Waals surface area contributed by atoms with Gasteiger partial charge in [-0.05, 0) is 42.8 Å². The Kier molecular flexibility index (Phi) is 6.42. The Bertz CT molecular complexity index is 1190. The van der Waals surface area contributed by atoms with E-state index in [0.717, 1.165) is 15.5 Å². The molecule has 32 heavy (non-hydrogen) atoms. The molecule has 2 amide bonds. The average Bonchev–Trinajstić information content (AvgIpc) is 3.28. The van der Waals surface area contributed by atoms with Crippen LogP contribution in [0.1, 0.15) is 33.6 Å². The van der Waals surface area contributed by atoms with Crippen LogP contribution < -0.4 is 10.2 Å². The second-order valence-electron chi connectivity index (χ2n) is 7.07. The van der Waals surface area contributed by atoms with Crippen LogP contribution in [0, 0.1) is 0 Å². The van der Waals surface area contributed by atoms with Gasteiger partial charge in [-0.2, -0.15) is 0 Å². The molecule has 2 aromatic carbocycles. The Hall–Kier alpha value is -3.78. The lowest BCUT2D eigenvalue weighted by Crippen LogP contribution is -2.31. The molecule has 0 fully saturated rings. The van der Waals surface area contributed by atoms with Gasteiger partial charge in [-0.1, -0.05) is 36.0 Å². The van der Waals surface area contributed by atoms with E-state index in [0.29, 0.717) is 29.8 Å². The molecule has 2 N–H and O–H groups in total. The van der Waals surface area contributed by atoms with E-state index in [1.807, 2.05) is 30.3 Å². The van der Waals surface area contributed by atoms with Crippen LogP contribution in [-0.2, 0) is 4.79 Å². The van der Waals surface area contributed by atoms with E-state index < -0.39 is 5.97 Å². The van der Waals surface area contributed by atoms with Crippen LogP contribution in [0.15, 0.2) is 87.4 Å². The lowest BCUT2D eigenvalue weighted by atomic mass is 10.1. The zero-order valence-corrected chi connectivity index (χ0v) is 17.8. The van der Waals surface area contributed by atoms with Gasteiger partial charge in [-0.3, -0.25) is 14.4 Å². The van der Waals surface area contributed by atoms with E-state index in [2.05, 4.69) is 5.32 Å². The summed E-state index contributed by atoms with van der Waals surface area (Å²) in [5.41, 5.74) is 2.34. The van der Waals surface area contributed by atoms with E-state index in [9.17, 15) is 14.4 Å². The molecule has 0 atom stereocenters. The number of carbonyl (C=O) groups is 3. The minimum absolute atomic E-state index is 0.0411. The number of furan rings is 1. The Morgan fingerprint density at radius 1 is 1.09 bits per heavy atom. The number of hydrogen-bond acceptors (Lipinski definition) is 5. The summed E-state index contributed by atoms with van der Waals surface area (Å²) in [6.45, 7) is 0.307. The maximum absolute atomic E-state index is 13.3. The Labute approximate surface area is 188 Å². The predicted octanol–water partition coefficient (Wildman–Crippen LogP) is 5.06. The number of carbonyl (C=O) groups excluding carboxylic acids is 2. The van der Waals surface area contributed by atoms with Crippen molar-refractivity contribution in [3.63, 3.8) is 0 Å². The smallest absolute Gasteiger partial charge is 0.303 e. The van der Waals surface area contributed by atoms with Crippen molar-refractivity contribution in [3.05, 3.63) is 84.3 Å². The molecule has 162 valence electrons. The minimum Gasteiger partial charge on any atom is -0.481 e. The summed E-state index contributed by atoms with van der Waals surface area (Å²) in [6, 6.07) is 14.4. The van der Waals surface area contributed by atoms with Crippen molar-refractivity contribution in [3.8, 4) is 0 Å². The van der Waals surface area contributed by atoms with Gasteiger partial charge in [0, 0.05) is 28.4 Å². The molecule has 0 spiro atoms. The first kappa shape index (κ1) is 21.5. The molecule has 2 heterocycles. The first-order valence-corrected chi connectivity index (χ1v) is 10.8. The van der Waals surface area contributed by atoms with Crippen LogP contribution in [0.5, 0.6) is 0 Å². The predicted molar refractivity (Wildman–Crippen MR) is 121 cm³/mol. The Morgan fingerprint density at radius 3 is 2.72 bits per heavy atom. The molecule has 7 nitrogen and oxygen atoms in total. The highest BCUT2D eigenvalue weighted by Crippen LogP contribution is 2.42. The molecule has 1 aliphatic rings. The first-order valence-electron chi connectivity index (χ1n) is 9.96. The standard InChI is InChI=1S/C24H20N2O5S/c27-22(28)8-2-1-5-12-26-19-10-9-17(25-23(29)16-11-13-31-15-16)14-21(19)32-20-7-4-3-6-18(20)24(26)30/h1,3-7,9-11,13-15H,2,8,12H2,(H,25,29)(H,27,28)/b5-1+. The Balaban J connectivity index is 1.63. The topological polar surface area (TPSA) is 99.9 Å². The number of carboxylic acids is 1. The van der Waals surface area contributed by atoms with Gasteiger partial charge in [-0.25, -0.2) is 0 Å². The number of rotatable bonds is 7. The number of aliphatic carboxylic acids is 1. The van der Waals surface area contributed by atoms with Crippen molar-refractivity contribution in [1.82, 2.24) is 0 Å². The Morgan fingerprint density at radius 2 is 1.94 bits per heavy atom. The lowest BCUT2D eigenvalue weighted by molar-refractivity contribution is -0.136. The number of allylic oxidation sites excluding steroid dienone is 1. The monoisotopic (exact) mass is 448 g/mol. The van der Waals surface area contributed by atoms with Gasteiger partial charge in [-0.15, -0.1) is 0 Å². The molecule has 0 saturated heterocycles. The van der Waals surface area contributed by atoms with Crippen molar-refractivity contribution in [2.45, 2.75) is 22.6 Å². The number of hydrogen-bond donors (Lipinski definition) is 2. The fourth-order valence-corrected chi connectivity index (χ4v) is 4.40. The lowest BCUT2D eigenvalue weighted by Gasteiger charge is -2.22. The van der Waals surface area contributed by atoms with Gasteiger partial charge in [0.15, 0.2) is 0 Å². The van der Waals surface area contributed by atoms with Crippen molar-refractivity contribution in [2.24, 2.45) is 0 Å². The van der Waals surface area contributed by atoms with Gasteiger partial charge < -0.3 is 19.7 Å². The molecular formula is C24H20N2O5S. The highest BCUT2D eigenvalue weighted by molar-refractivity contribution is 7.99. The number of nitrogens with zero attached hydrogens (tertiary/aromatic N) is 1. The summed E-state index contributed by atoms with van der Waals surface area (Å²) in [6.07, 6.45) is 6.82. The van der Waals surface area contributed by atoms with Gasteiger partial charge in [0.2, 0.25) is 0 Å². The van der Waals surface area contributed by atoms with Gasteiger partial charge in [0.25, 0.3) is 11.8 Å². The fourth-order valence-electron chi connectivity index (χ4n) is 3.28. The summed E-state index contributed by atoms with van der Waals surface area (Å²) in [5.74, 6) is -1.28. The van der Waals surface area contributed by atoms with Crippen LogP contribution in [-0.4, -0.2) is 29.4 Å². The molecule has 3 aromatic rings. The summed E-state index contributed by atoms with van der Waals surface area (Å²) in [7, 11) is 0. The largest absolute Gasteiger partial charge is 0.481 e. The summed E-state index contributed by atoms with van der Waals surface area (Å²) in [5, 5.41) is 11.6. The molecule has 1 aliphatic heterocycles. The maximum Gasteiger partial charge on any atom is 0.303 e. The van der Waals surface area contributed by atoms with Crippen LogP contribution in [0.3, 0.4) is 0 Å². The second kappa shape index (κ2) is 9.57. The quantitative estimate of drug-likeness (QED) is 0.490. The number of fused-ring (bicyclic) bond motifs is 2. The van der Waals surface area contributed by atoms with E-state index >= 15 is 0 Å². The summed E-state index contributed by atoms with van der Waals surface area (Å²) in [4.78, 5) is 39.7. The third kappa shape index (κ3) is 4.76. The molecule has 8 heteroatoms. The second-order valence-corrected chi connectivity index (χ2v) is 8.15. The molecule has 0 radical (unpaired) electrons. The third-order valence-corrected chi connectivity index (χ3v) is 5.98. The molecule has 4 rings (SSSR count). The zero-order valence-electron chi connectivity index (χ0n) is 17.0. The van der Waals surface area contributed by atoms with Crippen molar-refractivity contribution in [2.75, 3.05) is 16.8 Å². The van der Waals surface area contributed by atoms with Gasteiger partial charge in [0.1, 0.15) is 6.26 Å². The number of benzene rings is 2. The molecule has 0 unspecified atom stereocenters. The number of amides is 2. The zero-order chi connectivity index (χ0) is 22.5. The average molecular weight is 449 g/mol.